The first-order valence-electron chi connectivity index (χ1n) is 5.20. The minimum Gasteiger partial charge on any atom is -0.351 e. The van der Waals surface area contributed by atoms with E-state index in [1.54, 1.807) is 13.8 Å². The van der Waals surface area contributed by atoms with Crippen molar-refractivity contribution in [1.82, 2.24) is 10.0 Å². The fourth-order valence-electron chi connectivity index (χ4n) is 1.04. The number of hydrogen-bond donors (Lipinski definition) is 2. The van der Waals surface area contributed by atoms with Gasteiger partial charge in [-0.05, 0) is 20.3 Å². The van der Waals surface area contributed by atoms with Gasteiger partial charge in [-0.3, -0.25) is 4.79 Å². The fraction of sp³-hybridized carbons (Fsp3) is 0.700. The normalized spacial score (nSPS) is 13.2. The predicted octanol–water partition coefficient (Wildman–Crippen LogP) is 0.397. The molecule has 2 N–H and O–H groups in total. The number of hydrogen-bond acceptors (Lipinski definition) is 3. The Morgan fingerprint density at radius 1 is 1.44 bits per heavy atom. The largest absolute Gasteiger partial charge is 0.351 e. The van der Waals surface area contributed by atoms with Crippen LogP contribution in [-0.2, 0) is 14.8 Å². The lowest BCUT2D eigenvalue weighted by atomic mass is 10.3. The summed E-state index contributed by atoms with van der Waals surface area (Å²) in [5.41, 5.74) is 0.817. The van der Waals surface area contributed by atoms with Crippen LogP contribution in [0.3, 0.4) is 0 Å². The van der Waals surface area contributed by atoms with Crippen molar-refractivity contribution in [3.8, 4) is 0 Å². The van der Waals surface area contributed by atoms with Crippen molar-refractivity contribution in [2.75, 3.05) is 12.3 Å². The quantitative estimate of drug-likeness (QED) is 0.640. The molecule has 1 amide bonds. The maximum Gasteiger partial charge on any atom is 0.238 e. The van der Waals surface area contributed by atoms with E-state index < -0.39 is 16.1 Å². The van der Waals surface area contributed by atoms with Gasteiger partial charge in [0.1, 0.15) is 0 Å². The van der Waals surface area contributed by atoms with Crippen LogP contribution in [0.2, 0.25) is 0 Å². The van der Waals surface area contributed by atoms with Crippen molar-refractivity contribution in [3.05, 3.63) is 12.2 Å². The van der Waals surface area contributed by atoms with Gasteiger partial charge in [-0.25, -0.2) is 13.1 Å². The first kappa shape index (κ1) is 15.1. The second-order valence-corrected chi connectivity index (χ2v) is 5.71. The summed E-state index contributed by atoms with van der Waals surface area (Å²) in [5, 5.41) is 2.58. The molecule has 0 heterocycles. The molecule has 0 aromatic carbocycles. The molecule has 0 aliphatic heterocycles. The van der Waals surface area contributed by atoms with Gasteiger partial charge in [0.15, 0.2) is 0 Å². The third kappa shape index (κ3) is 6.58. The predicted molar refractivity (Wildman–Crippen MR) is 64.5 cm³/mol. The van der Waals surface area contributed by atoms with Crippen LogP contribution in [0.1, 0.15) is 27.2 Å². The molecule has 0 bridgehead atoms. The van der Waals surface area contributed by atoms with Gasteiger partial charge < -0.3 is 5.32 Å². The minimum absolute atomic E-state index is 0.0328. The molecule has 0 aromatic heterocycles. The highest BCUT2D eigenvalue weighted by molar-refractivity contribution is 7.89. The van der Waals surface area contributed by atoms with Gasteiger partial charge in [0.2, 0.25) is 15.9 Å². The molecule has 0 rings (SSSR count). The molecule has 94 valence electrons. The van der Waals surface area contributed by atoms with Crippen LogP contribution in [0.25, 0.3) is 0 Å². The summed E-state index contributed by atoms with van der Waals surface area (Å²) in [6.07, 6.45) is 0.523. The van der Waals surface area contributed by atoms with Crippen LogP contribution in [-0.4, -0.2) is 32.7 Å². The van der Waals surface area contributed by atoms with Crippen molar-refractivity contribution < 1.29 is 13.2 Å². The van der Waals surface area contributed by atoms with Crippen LogP contribution in [0.15, 0.2) is 12.2 Å². The summed E-state index contributed by atoms with van der Waals surface area (Å²) in [5.74, 6) is -0.312. The molecule has 0 radical (unpaired) electrons. The van der Waals surface area contributed by atoms with Gasteiger partial charge in [0.05, 0.1) is 11.8 Å². The number of sulfonamides is 1. The van der Waals surface area contributed by atoms with Crippen LogP contribution < -0.4 is 10.0 Å². The summed E-state index contributed by atoms with van der Waals surface area (Å²) < 4.78 is 25.1. The summed E-state index contributed by atoms with van der Waals surface area (Å²) in [6.45, 7) is 9.06. The highest BCUT2D eigenvalue weighted by Crippen LogP contribution is 1.93. The van der Waals surface area contributed by atoms with Crippen LogP contribution in [0, 0.1) is 0 Å². The van der Waals surface area contributed by atoms with Crippen molar-refractivity contribution in [2.45, 2.75) is 33.2 Å². The summed E-state index contributed by atoms with van der Waals surface area (Å²) in [6, 6.07) is -0.754. The van der Waals surface area contributed by atoms with E-state index in [1.165, 1.54) is 6.92 Å². The molecule has 6 heteroatoms. The SMILES string of the molecule is C=C(C)CNC(=O)C(C)NS(=O)(=O)CCC. The van der Waals surface area contributed by atoms with E-state index in [0.717, 1.165) is 5.57 Å². The fourth-order valence-corrected chi connectivity index (χ4v) is 2.34. The van der Waals surface area contributed by atoms with E-state index in [2.05, 4.69) is 16.6 Å². The monoisotopic (exact) mass is 248 g/mol. The molecule has 16 heavy (non-hydrogen) atoms. The number of rotatable bonds is 7. The van der Waals surface area contributed by atoms with Gasteiger partial charge in [0.25, 0.3) is 0 Å². The lowest BCUT2D eigenvalue weighted by Crippen LogP contribution is -2.45. The van der Waals surface area contributed by atoms with Crippen molar-refractivity contribution in [3.63, 3.8) is 0 Å². The molecule has 0 saturated heterocycles. The molecule has 0 spiro atoms. The average Bonchev–Trinajstić information content (AvgIpc) is 2.12. The second-order valence-electron chi connectivity index (χ2n) is 3.83. The molecular formula is C10H20N2O3S. The Morgan fingerprint density at radius 3 is 2.44 bits per heavy atom. The lowest BCUT2D eigenvalue weighted by Gasteiger charge is -2.13. The number of nitrogens with one attached hydrogen (secondary N) is 2. The first-order chi connectivity index (χ1) is 7.28. The highest BCUT2D eigenvalue weighted by Gasteiger charge is 2.18. The molecule has 1 unspecified atom stereocenters. The van der Waals surface area contributed by atoms with Crippen LogP contribution in [0.5, 0.6) is 0 Å². The third-order valence-electron chi connectivity index (χ3n) is 1.79. The van der Waals surface area contributed by atoms with Crippen molar-refractivity contribution in [1.29, 1.82) is 0 Å². The Morgan fingerprint density at radius 2 is 2.00 bits per heavy atom. The van der Waals surface area contributed by atoms with Gasteiger partial charge in [0, 0.05) is 6.54 Å². The number of carbonyl (C=O) groups excluding carboxylic acids is 1. The molecule has 0 aliphatic carbocycles. The zero-order valence-electron chi connectivity index (χ0n) is 10.0. The lowest BCUT2D eigenvalue weighted by molar-refractivity contribution is -0.122. The molecule has 0 fully saturated rings. The molecule has 0 aromatic rings. The Balaban J connectivity index is 4.20. The van der Waals surface area contributed by atoms with E-state index >= 15 is 0 Å². The van der Waals surface area contributed by atoms with Gasteiger partial charge in [-0.15, -0.1) is 0 Å². The summed E-state index contributed by atoms with van der Waals surface area (Å²) in [4.78, 5) is 11.5. The Kier molecular flexibility index (Phi) is 6.28. The first-order valence-corrected chi connectivity index (χ1v) is 6.85. The topological polar surface area (TPSA) is 75.3 Å². The standard InChI is InChI=1S/C10H20N2O3S/c1-5-6-16(14,15)12-9(4)10(13)11-7-8(2)3/h9,12H,2,5-7H2,1,3-4H3,(H,11,13). The summed E-state index contributed by atoms with van der Waals surface area (Å²) >= 11 is 0. The highest BCUT2D eigenvalue weighted by atomic mass is 32.2. The number of carbonyl (C=O) groups is 1. The van der Waals surface area contributed by atoms with Crippen molar-refractivity contribution >= 4 is 15.9 Å². The van der Waals surface area contributed by atoms with Gasteiger partial charge in [-0.2, -0.15) is 0 Å². The molecular weight excluding hydrogens is 228 g/mol. The minimum atomic E-state index is -3.35. The second kappa shape index (κ2) is 6.65. The average molecular weight is 248 g/mol. The van der Waals surface area contributed by atoms with E-state index in [0.29, 0.717) is 13.0 Å². The molecule has 0 aliphatic rings. The maximum atomic E-state index is 11.5. The molecule has 5 nitrogen and oxygen atoms in total. The molecule has 1 atom stereocenters. The zero-order chi connectivity index (χ0) is 12.8. The smallest absolute Gasteiger partial charge is 0.238 e. The zero-order valence-corrected chi connectivity index (χ0v) is 10.9. The Bertz CT molecular complexity index is 349. The van der Waals surface area contributed by atoms with Crippen LogP contribution in [0.4, 0.5) is 0 Å². The van der Waals surface area contributed by atoms with E-state index in [1.807, 2.05) is 0 Å². The third-order valence-corrected chi connectivity index (χ3v) is 3.45. The maximum absolute atomic E-state index is 11.5. The van der Waals surface area contributed by atoms with E-state index in [9.17, 15) is 13.2 Å². The van der Waals surface area contributed by atoms with Crippen molar-refractivity contribution in [2.24, 2.45) is 0 Å². The van der Waals surface area contributed by atoms with E-state index in [4.69, 9.17) is 0 Å². The van der Waals surface area contributed by atoms with Gasteiger partial charge in [-0.1, -0.05) is 19.1 Å². The Hall–Kier alpha value is -0.880. The van der Waals surface area contributed by atoms with Crippen LogP contribution >= 0.6 is 0 Å². The Labute approximate surface area is 97.4 Å². The molecule has 0 saturated carbocycles. The van der Waals surface area contributed by atoms with Gasteiger partial charge >= 0.3 is 0 Å². The van der Waals surface area contributed by atoms with E-state index in [-0.39, 0.29) is 11.7 Å². The number of amides is 1. The summed E-state index contributed by atoms with van der Waals surface area (Å²) in [7, 11) is -3.35.